The first kappa shape index (κ1) is 19.8. The molecule has 1 saturated heterocycles. The number of ether oxygens (including phenoxy) is 3. The van der Waals surface area contributed by atoms with E-state index in [9.17, 15) is 4.39 Å². The zero-order valence-electron chi connectivity index (χ0n) is 13.7. The number of hydrogen-bond donors (Lipinski definition) is 1. The van der Waals surface area contributed by atoms with Gasteiger partial charge in [-0.2, -0.15) is 0 Å². The monoisotopic (exact) mass is 387 g/mol. The molecule has 0 spiro atoms. The number of methoxy groups -OCH3 is 1. The third kappa shape index (κ3) is 4.98. The van der Waals surface area contributed by atoms with Gasteiger partial charge in [0.2, 0.25) is 0 Å². The van der Waals surface area contributed by atoms with E-state index in [0.717, 1.165) is 17.9 Å². The van der Waals surface area contributed by atoms with Crippen LogP contribution in [0.5, 0.6) is 11.5 Å². The summed E-state index contributed by atoms with van der Waals surface area (Å²) in [5.41, 5.74) is 0.878. The standard InChI is InChI=1S/C18H19ClFNO3.ClH/c1-22-14-4-2-3-12(9-14)18(17-11-21-7-8-23-17)24-16-10-13(20)5-6-15(16)19;/h2-6,9-10,17-18,21H,7-8,11H2,1H3;1H/t17-,18-;/m0./s1. The van der Waals surface area contributed by atoms with Crippen LogP contribution in [0.25, 0.3) is 0 Å². The molecule has 136 valence electrons. The SMILES string of the molecule is COc1cccc([C@H](Oc2cc(F)ccc2Cl)[C@@H]2CNCCO2)c1.Cl. The second-order valence-corrected chi connectivity index (χ2v) is 5.91. The van der Waals surface area contributed by atoms with E-state index in [1.54, 1.807) is 7.11 Å². The maximum atomic E-state index is 13.6. The summed E-state index contributed by atoms with van der Waals surface area (Å²) in [4.78, 5) is 0. The Morgan fingerprint density at radius 2 is 2.12 bits per heavy atom. The predicted octanol–water partition coefficient (Wildman–Crippen LogP) is 4.02. The molecule has 4 nitrogen and oxygen atoms in total. The minimum absolute atomic E-state index is 0. The molecule has 7 heteroatoms. The molecule has 0 bridgehead atoms. The van der Waals surface area contributed by atoms with Crippen molar-refractivity contribution in [3.63, 3.8) is 0 Å². The number of halogens is 3. The quantitative estimate of drug-likeness (QED) is 0.840. The molecule has 25 heavy (non-hydrogen) atoms. The fraction of sp³-hybridized carbons (Fsp3) is 0.333. The molecule has 0 amide bonds. The predicted molar refractivity (Wildman–Crippen MR) is 97.6 cm³/mol. The fourth-order valence-corrected chi connectivity index (χ4v) is 2.82. The first-order chi connectivity index (χ1) is 11.7. The number of hydrogen-bond acceptors (Lipinski definition) is 4. The first-order valence-corrected chi connectivity index (χ1v) is 8.13. The van der Waals surface area contributed by atoms with Crippen molar-refractivity contribution in [2.24, 2.45) is 0 Å². The van der Waals surface area contributed by atoms with Crippen LogP contribution in [-0.4, -0.2) is 32.9 Å². The van der Waals surface area contributed by atoms with Gasteiger partial charge in [0.05, 0.1) is 18.7 Å². The van der Waals surface area contributed by atoms with Crippen LogP contribution < -0.4 is 14.8 Å². The highest BCUT2D eigenvalue weighted by molar-refractivity contribution is 6.32. The number of rotatable bonds is 5. The molecule has 2 aromatic carbocycles. The minimum Gasteiger partial charge on any atom is -0.497 e. The molecule has 0 aliphatic carbocycles. The summed E-state index contributed by atoms with van der Waals surface area (Å²) >= 11 is 6.15. The first-order valence-electron chi connectivity index (χ1n) is 7.75. The lowest BCUT2D eigenvalue weighted by Gasteiger charge is -2.32. The molecule has 2 aromatic rings. The number of benzene rings is 2. The summed E-state index contributed by atoms with van der Waals surface area (Å²) in [6.07, 6.45) is -0.655. The molecule has 0 radical (unpaired) electrons. The summed E-state index contributed by atoms with van der Waals surface area (Å²) in [6.45, 7) is 2.02. The highest BCUT2D eigenvalue weighted by Crippen LogP contribution is 2.33. The van der Waals surface area contributed by atoms with Gasteiger partial charge in [0.1, 0.15) is 23.4 Å². The molecule has 0 saturated carbocycles. The Kier molecular flexibility index (Phi) is 7.32. The third-order valence-electron chi connectivity index (χ3n) is 3.86. The highest BCUT2D eigenvalue weighted by Gasteiger charge is 2.29. The molecule has 1 heterocycles. The molecule has 0 aromatic heterocycles. The smallest absolute Gasteiger partial charge is 0.151 e. The zero-order chi connectivity index (χ0) is 16.9. The van der Waals surface area contributed by atoms with E-state index in [0.29, 0.717) is 23.9 Å². The van der Waals surface area contributed by atoms with Crippen LogP contribution in [0.3, 0.4) is 0 Å². The highest BCUT2D eigenvalue weighted by atomic mass is 35.5. The van der Waals surface area contributed by atoms with E-state index >= 15 is 0 Å². The van der Waals surface area contributed by atoms with Gasteiger partial charge < -0.3 is 19.5 Å². The summed E-state index contributed by atoms with van der Waals surface area (Å²) in [7, 11) is 1.61. The molecule has 3 rings (SSSR count). The van der Waals surface area contributed by atoms with Crippen molar-refractivity contribution >= 4 is 24.0 Å². The minimum atomic E-state index is -0.438. The second kappa shape index (κ2) is 9.25. The number of morpholine rings is 1. The topological polar surface area (TPSA) is 39.7 Å². The maximum absolute atomic E-state index is 13.6. The lowest BCUT2D eigenvalue weighted by Crippen LogP contribution is -2.43. The number of nitrogens with one attached hydrogen (secondary N) is 1. The van der Waals surface area contributed by atoms with Gasteiger partial charge in [0.15, 0.2) is 6.10 Å². The summed E-state index contributed by atoms with van der Waals surface area (Å²) in [6, 6.07) is 11.6. The third-order valence-corrected chi connectivity index (χ3v) is 4.18. The Morgan fingerprint density at radius 3 is 2.84 bits per heavy atom. The van der Waals surface area contributed by atoms with Crippen LogP contribution in [0.15, 0.2) is 42.5 Å². The van der Waals surface area contributed by atoms with Crippen molar-refractivity contribution in [1.29, 1.82) is 0 Å². The summed E-state index contributed by atoms with van der Waals surface area (Å²) < 4.78 is 30.7. The molecule has 1 fully saturated rings. The van der Waals surface area contributed by atoms with Crippen molar-refractivity contribution in [2.75, 3.05) is 26.8 Å². The van der Waals surface area contributed by atoms with E-state index in [4.69, 9.17) is 25.8 Å². The summed E-state index contributed by atoms with van der Waals surface area (Å²) in [5.74, 6) is 0.607. The molecule has 1 aliphatic heterocycles. The van der Waals surface area contributed by atoms with Gasteiger partial charge in [0.25, 0.3) is 0 Å². The van der Waals surface area contributed by atoms with E-state index in [-0.39, 0.29) is 18.5 Å². The largest absolute Gasteiger partial charge is 0.497 e. The van der Waals surface area contributed by atoms with Gasteiger partial charge in [-0.3, -0.25) is 0 Å². The van der Waals surface area contributed by atoms with E-state index in [1.165, 1.54) is 18.2 Å². The van der Waals surface area contributed by atoms with Gasteiger partial charge in [-0.15, -0.1) is 12.4 Å². The van der Waals surface area contributed by atoms with E-state index < -0.39 is 11.9 Å². The lowest BCUT2D eigenvalue weighted by molar-refractivity contribution is -0.0433. The Bertz CT molecular complexity index is 696. The Morgan fingerprint density at radius 1 is 1.28 bits per heavy atom. The van der Waals surface area contributed by atoms with Gasteiger partial charge in [-0.05, 0) is 29.8 Å². The molecule has 1 N–H and O–H groups in total. The second-order valence-electron chi connectivity index (χ2n) is 5.50. The average Bonchev–Trinajstić information content (AvgIpc) is 2.63. The van der Waals surface area contributed by atoms with E-state index in [1.807, 2.05) is 24.3 Å². The van der Waals surface area contributed by atoms with Crippen molar-refractivity contribution in [3.05, 3.63) is 58.9 Å². The molecule has 2 atom stereocenters. The van der Waals surface area contributed by atoms with Crippen molar-refractivity contribution in [3.8, 4) is 11.5 Å². The normalized spacial score (nSPS) is 18.1. The van der Waals surface area contributed by atoms with Gasteiger partial charge >= 0.3 is 0 Å². The van der Waals surface area contributed by atoms with Crippen LogP contribution in [0, 0.1) is 5.82 Å². The Labute approximate surface area is 157 Å². The van der Waals surface area contributed by atoms with Crippen LogP contribution in [0.1, 0.15) is 11.7 Å². The zero-order valence-corrected chi connectivity index (χ0v) is 15.3. The van der Waals surface area contributed by atoms with Crippen LogP contribution >= 0.6 is 24.0 Å². The van der Waals surface area contributed by atoms with Crippen molar-refractivity contribution in [2.45, 2.75) is 12.2 Å². The molecular weight excluding hydrogens is 368 g/mol. The van der Waals surface area contributed by atoms with Crippen molar-refractivity contribution in [1.82, 2.24) is 5.32 Å². The maximum Gasteiger partial charge on any atom is 0.151 e. The van der Waals surface area contributed by atoms with Crippen LogP contribution in [0.2, 0.25) is 5.02 Å². The average molecular weight is 388 g/mol. The molecular formula is C18H20Cl2FNO3. The van der Waals surface area contributed by atoms with Gasteiger partial charge in [0, 0.05) is 19.2 Å². The van der Waals surface area contributed by atoms with Crippen LogP contribution in [-0.2, 0) is 4.74 Å². The fourth-order valence-electron chi connectivity index (χ4n) is 2.66. The Hall–Kier alpha value is -1.53. The Balaban J connectivity index is 0.00000225. The van der Waals surface area contributed by atoms with Crippen LogP contribution in [0.4, 0.5) is 4.39 Å². The molecule has 0 unspecified atom stereocenters. The van der Waals surface area contributed by atoms with E-state index in [2.05, 4.69) is 5.32 Å². The summed E-state index contributed by atoms with van der Waals surface area (Å²) in [5, 5.41) is 3.64. The van der Waals surface area contributed by atoms with Crippen molar-refractivity contribution < 1.29 is 18.6 Å². The molecule has 1 aliphatic rings. The van der Waals surface area contributed by atoms with Gasteiger partial charge in [-0.1, -0.05) is 23.7 Å². The van der Waals surface area contributed by atoms with Gasteiger partial charge in [-0.25, -0.2) is 4.39 Å². The lowest BCUT2D eigenvalue weighted by atomic mass is 10.0.